The number of likely N-dealkylation sites (tertiary alicyclic amines) is 1. The fraction of sp³-hybridized carbons (Fsp3) is 0.429. The van der Waals surface area contributed by atoms with E-state index >= 15 is 0 Å². The van der Waals surface area contributed by atoms with E-state index in [9.17, 15) is 4.79 Å². The highest BCUT2D eigenvalue weighted by molar-refractivity contribution is 5.79. The van der Waals surface area contributed by atoms with Crippen molar-refractivity contribution in [3.63, 3.8) is 0 Å². The molecule has 2 heterocycles. The van der Waals surface area contributed by atoms with Crippen molar-refractivity contribution in [3.05, 3.63) is 47.8 Å². The maximum absolute atomic E-state index is 12.5. The summed E-state index contributed by atoms with van der Waals surface area (Å²) in [6.45, 7) is 6.77. The number of benzene rings is 1. The van der Waals surface area contributed by atoms with E-state index in [1.54, 1.807) is 7.11 Å². The van der Waals surface area contributed by atoms with Crippen LogP contribution in [0.25, 0.3) is 11.1 Å². The number of aryl methyl sites for hydroxylation is 1. The third kappa shape index (κ3) is 3.68. The fourth-order valence-electron chi connectivity index (χ4n) is 3.48. The minimum atomic E-state index is 0.0199. The van der Waals surface area contributed by atoms with Crippen molar-refractivity contribution in [2.24, 2.45) is 5.92 Å². The number of carbonyl (C=O) groups is 1. The SMILES string of the molecule is COc1ccc(-c2cc(C)nc([C@H]3CCCN3C(=O)C(C)C)c2)cc1. The lowest BCUT2D eigenvalue weighted by Crippen LogP contribution is -2.34. The van der Waals surface area contributed by atoms with Gasteiger partial charge in [0.25, 0.3) is 0 Å². The van der Waals surface area contributed by atoms with Crippen LogP contribution in [-0.4, -0.2) is 29.4 Å². The third-order valence-corrected chi connectivity index (χ3v) is 4.77. The topological polar surface area (TPSA) is 42.4 Å². The highest BCUT2D eigenvalue weighted by Gasteiger charge is 2.32. The Morgan fingerprint density at radius 1 is 1.20 bits per heavy atom. The quantitative estimate of drug-likeness (QED) is 0.830. The van der Waals surface area contributed by atoms with Crippen LogP contribution in [0.1, 0.15) is 44.1 Å². The summed E-state index contributed by atoms with van der Waals surface area (Å²) in [5.41, 5.74) is 4.24. The van der Waals surface area contributed by atoms with Crippen molar-refractivity contribution < 1.29 is 9.53 Å². The zero-order valence-electron chi connectivity index (χ0n) is 15.5. The maximum Gasteiger partial charge on any atom is 0.225 e. The lowest BCUT2D eigenvalue weighted by molar-refractivity contribution is -0.135. The smallest absolute Gasteiger partial charge is 0.225 e. The van der Waals surface area contributed by atoms with Crippen LogP contribution in [0.3, 0.4) is 0 Å². The summed E-state index contributed by atoms with van der Waals surface area (Å²) in [6.07, 6.45) is 2.02. The Hall–Kier alpha value is -2.36. The Labute approximate surface area is 149 Å². The van der Waals surface area contributed by atoms with Gasteiger partial charge in [-0.2, -0.15) is 0 Å². The van der Waals surface area contributed by atoms with Gasteiger partial charge in [-0.05, 0) is 55.2 Å². The van der Waals surface area contributed by atoms with Gasteiger partial charge in [0.15, 0.2) is 0 Å². The molecule has 1 aromatic carbocycles. The molecule has 0 saturated carbocycles. The van der Waals surface area contributed by atoms with Crippen molar-refractivity contribution in [1.29, 1.82) is 0 Å². The molecule has 1 saturated heterocycles. The largest absolute Gasteiger partial charge is 0.497 e. The first-order chi connectivity index (χ1) is 12.0. The molecular weight excluding hydrogens is 312 g/mol. The molecule has 1 atom stereocenters. The van der Waals surface area contributed by atoms with Gasteiger partial charge >= 0.3 is 0 Å². The van der Waals surface area contributed by atoms with E-state index in [1.807, 2.05) is 37.8 Å². The highest BCUT2D eigenvalue weighted by Crippen LogP contribution is 2.34. The van der Waals surface area contributed by atoms with Crippen LogP contribution in [0.5, 0.6) is 5.75 Å². The number of aromatic nitrogens is 1. The zero-order chi connectivity index (χ0) is 18.0. The number of carbonyl (C=O) groups excluding carboxylic acids is 1. The number of methoxy groups -OCH3 is 1. The first-order valence-electron chi connectivity index (χ1n) is 8.93. The summed E-state index contributed by atoms with van der Waals surface area (Å²) in [5, 5.41) is 0. The molecule has 132 valence electrons. The van der Waals surface area contributed by atoms with Gasteiger partial charge in [0.05, 0.1) is 18.8 Å². The van der Waals surface area contributed by atoms with Crippen LogP contribution < -0.4 is 4.74 Å². The number of nitrogens with zero attached hydrogens (tertiary/aromatic N) is 2. The summed E-state index contributed by atoms with van der Waals surface area (Å²) in [7, 11) is 1.67. The normalized spacial score (nSPS) is 17.2. The molecule has 4 heteroatoms. The fourth-order valence-corrected chi connectivity index (χ4v) is 3.48. The molecule has 0 N–H and O–H groups in total. The second-order valence-corrected chi connectivity index (χ2v) is 6.99. The highest BCUT2D eigenvalue weighted by atomic mass is 16.5. The second kappa shape index (κ2) is 7.26. The predicted octanol–water partition coefficient (Wildman–Crippen LogP) is 4.39. The van der Waals surface area contributed by atoms with Crippen molar-refractivity contribution >= 4 is 5.91 Å². The van der Waals surface area contributed by atoms with Gasteiger partial charge in [0, 0.05) is 18.2 Å². The van der Waals surface area contributed by atoms with Gasteiger partial charge < -0.3 is 9.64 Å². The van der Waals surface area contributed by atoms with Crippen LogP contribution in [0, 0.1) is 12.8 Å². The molecule has 1 fully saturated rings. The number of rotatable bonds is 4. The van der Waals surface area contributed by atoms with Crippen LogP contribution >= 0.6 is 0 Å². The number of pyridine rings is 1. The molecular formula is C21H26N2O2. The molecule has 0 radical (unpaired) electrons. The molecule has 0 aliphatic carbocycles. The van der Waals surface area contributed by atoms with E-state index in [4.69, 9.17) is 9.72 Å². The first-order valence-corrected chi connectivity index (χ1v) is 8.93. The molecule has 0 unspecified atom stereocenters. The molecule has 3 rings (SSSR count). The zero-order valence-corrected chi connectivity index (χ0v) is 15.5. The lowest BCUT2D eigenvalue weighted by atomic mass is 10.0. The summed E-state index contributed by atoms with van der Waals surface area (Å²) < 4.78 is 5.24. The predicted molar refractivity (Wildman–Crippen MR) is 99.5 cm³/mol. The first kappa shape index (κ1) is 17.5. The number of ether oxygens (including phenoxy) is 1. The Morgan fingerprint density at radius 2 is 1.92 bits per heavy atom. The standard InChI is InChI=1S/C21H26N2O2/c1-14(2)21(24)23-11-5-6-20(23)19-13-17(12-15(3)22-19)16-7-9-18(25-4)10-8-16/h7-10,12-14,20H,5-6,11H2,1-4H3/t20-/m1/s1. The molecule has 4 nitrogen and oxygen atoms in total. The molecule has 1 aliphatic heterocycles. The molecule has 1 amide bonds. The average molecular weight is 338 g/mol. The van der Waals surface area contributed by atoms with Crippen molar-refractivity contribution in [2.75, 3.05) is 13.7 Å². The minimum Gasteiger partial charge on any atom is -0.497 e. The second-order valence-electron chi connectivity index (χ2n) is 6.99. The monoisotopic (exact) mass is 338 g/mol. The van der Waals surface area contributed by atoms with E-state index in [2.05, 4.69) is 24.3 Å². The molecule has 2 aromatic rings. The molecule has 0 spiro atoms. The number of hydrogen-bond donors (Lipinski definition) is 0. The van der Waals surface area contributed by atoms with Gasteiger partial charge in [-0.1, -0.05) is 26.0 Å². The Bertz CT molecular complexity index is 753. The van der Waals surface area contributed by atoms with Crippen molar-refractivity contribution in [1.82, 2.24) is 9.88 Å². The molecule has 1 aromatic heterocycles. The summed E-state index contributed by atoms with van der Waals surface area (Å²) >= 11 is 0. The van der Waals surface area contributed by atoms with Crippen LogP contribution in [0.15, 0.2) is 36.4 Å². The Morgan fingerprint density at radius 3 is 2.56 bits per heavy atom. The van der Waals surface area contributed by atoms with Gasteiger partial charge in [-0.15, -0.1) is 0 Å². The van der Waals surface area contributed by atoms with Crippen LogP contribution in [0.2, 0.25) is 0 Å². The van der Waals surface area contributed by atoms with Crippen LogP contribution in [0.4, 0.5) is 0 Å². The molecule has 1 aliphatic rings. The van der Waals surface area contributed by atoms with Gasteiger partial charge in [-0.3, -0.25) is 9.78 Å². The Kier molecular flexibility index (Phi) is 5.07. The van der Waals surface area contributed by atoms with Crippen molar-refractivity contribution in [2.45, 2.75) is 39.7 Å². The average Bonchev–Trinajstić information content (AvgIpc) is 3.10. The summed E-state index contributed by atoms with van der Waals surface area (Å²) in [6, 6.07) is 12.4. The van der Waals surface area contributed by atoms with Crippen LogP contribution in [-0.2, 0) is 4.79 Å². The van der Waals surface area contributed by atoms with E-state index in [0.717, 1.165) is 47.7 Å². The van der Waals surface area contributed by atoms with E-state index in [1.165, 1.54) is 0 Å². The summed E-state index contributed by atoms with van der Waals surface area (Å²) in [5.74, 6) is 1.09. The molecule has 25 heavy (non-hydrogen) atoms. The number of amides is 1. The Balaban J connectivity index is 1.94. The number of hydrogen-bond acceptors (Lipinski definition) is 3. The van der Waals surface area contributed by atoms with Gasteiger partial charge in [0.2, 0.25) is 5.91 Å². The van der Waals surface area contributed by atoms with E-state index in [-0.39, 0.29) is 17.9 Å². The molecule has 0 bridgehead atoms. The maximum atomic E-state index is 12.5. The van der Waals surface area contributed by atoms with Gasteiger partial charge in [-0.25, -0.2) is 0 Å². The minimum absolute atomic E-state index is 0.0199. The summed E-state index contributed by atoms with van der Waals surface area (Å²) in [4.78, 5) is 19.3. The van der Waals surface area contributed by atoms with E-state index in [0.29, 0.717) is 0 Å². The van der Waals surface area contributed by atoms with E-state index < -0.39 is 0 Å². The third-order valence-electron chi connectivity index (χ3n) is 4.77. The van der Waals surface area contributed by atoms with Crippen molar-refractivity contribution in [3.8, 4) is 16.9 Å². The lowest BCUT2D eigenvalue weighted by Gasteiger charge is -2.26. The van der Waals surface area contributed by atoms with Gasteiger partial charge in [0.1, 0.15) is 5.75 Å².